The molecule has 1 aliphatic carbocycles. The predicted octanol–water partition coefficient (Wildman–Crippen LogP) is 2.31. The second-order valence-corrected chi connectivity index (χ2v) is 5.67. The van der Waals surface area contributed by atoms with Gasteiger partial charge in [-0.2, -0.15) is 0 Å². The zero-order valence-corrected chi connectivity index (χ0v) is 12.6. The molecule has 1 aromatic rings. The summed E-state index contributed by atoms with van der Waals surface area (Å²) in [7, 11) is 0. The first-order valence-electron chi connectivity index (χ1n) is 7.04. The number of nitrogens with zero attached hydrogens (tertiary/aromatic N) is 1. The minimum atomic E-state index is -0.543. The van der Waals surface area contributed by atoms with Crippen LogP contribution in [0.2, 0.25) is 0 Å². The molecule has 0 aromatic heterocycles. The van der Waals surface area contributed by atoms with Crippen LogP contribution in [-0.4, -0.2) is 36.5 Å². The highest BCUT2D eigenvalue weighted by Gasteiger charge is 2.48. The van der Waals surface area contributed by atoms with E-state index < -0.39 is 11.6 Å². The molecular weight excluding hydrogens is 298 g/mol. The lowest BCUT2D eigenvalue weighted by molar-refractivity contribution is -0.135. The van der Waals surface area contributed by atoms with Gasteiger partial charge in [-0.25, -0.2) is 8.78 Å². The number of piperazine rings is 1. The van der Waals surface area contributed by atoms with Gasteiger partial charge >= 0.3 is 0 Å². The zero-order valence-electron chi connectivity index (χ0n) is 11.8. The van der Waals surface area contributed by atoms with E-state index in [-0.39, 0.29) is 41.8 Å². The Morgan fingerprint density at radius 2 is 2.00 bits per heavy atom. The Labute approximate surface area is 129 Å². The van der Waals surface area contributed by atoms with Crippen LogP contribution in [0.25, 0.3) is 0 Å². The monoisotopic (exact) mass is 316 g/mol. The van der Waals surface area contributed by atoms with Gasteiger partial charge in [0.05, 0.1) is 0 Å². The molecule has 2 aliphatic rings. The van der Waals surface area contributed by atoms with Crippen LogP contribution >= 0.6 is 12.4 Å². The number of hydrogen-bond donors (Lipinski definition) is 1. The Balaban J connectivity index is 0.00000161. The first-order chi connectivity index (χ1) is 9.59. The molecule has 1 heterocycles. The van der Waals surface area contributed by atoms with Gasteiger partial charge in [-0.1, -0.05) is 6.07 Å². The van der Waals surface area contributed by atoms with Crippen molar-refractivity contribution < 1.29 is 13.6 Å². The average molecular weight is 317 g/mol. The summed E-state index contributed by atoms with van der Waals surface area (Å²) in [4.78, 5) is 14.3. The van der Waals surface area contributed by atoms with Crippen LogP contribution in [-0.2, 0) is 4.79 Å². The van der Waals surface area contributed by atoms with Crippen LogP contribution in [0.4, 0.5) is 8.78 Å². The molecule has 6 heteroatoms. The maximum Gasteiger partial charge on any atom is 0.226 e. The standard InChI is InChI=1S/C15H18F2N2O.ClH/c1-9-8-18-5-6-19(9)15(20)11-7-10(11)14-12(16)3-2-4-13(14)17;/h2-4,9-11,18H,5-8H2,1H3;1H. The molecular formula is C15H19ClF2N2O. The van der Waals surface area contributed by atoms with Gasteiger partial charge < -0.3 is 10.2 Å². The molecule has 1 amide bonds. The predicted molar refractivity (Wildman–Crippen MR) is 78.5 cm³/mol. The summed E-state index contributed by atoms with van der Waals surface area (Å²) >= 11 is 0. The molecule has 116 valence electrons. The number of rotatable bonds is 2. The van der Waals surface area contributed by atoms with Crippen LogP contribution in [0.15, 0.2) is 18.2 Å². The summed E-state index contributed by atoms with van der Waals surface area (Å²) in [6.07, 6.45) is 0.549. The summed E-state index contributed by atoms with van der Waals surface area (Å²) in [6, 6.07) is 4.01. The Kier molecular flexibility index (Phi) is 4.84. The molecule has 1 aliphatic heterocycles. The van der Waals surface area contributed by atoms with E-state index in [1.54, 1.807) is 0 Å². The second kappa shape index (κ2) is 6.28. The summed E-state index contributed by atoms with van der Waals surface area (Å²) in [5.74, 6) is -1.61. The molecule has 1 N–H and O–H groups in total. The van der Waals surface area contributed by atoms with Crippen molar-refractivity contribution in [3.8, 4) is 0 Å². The van der Waals surface area contributed by atoms with E-state index in [4.69, 9.17) is 0 Å². The van der Waals surface area contributed by atoms with Gasteiger partial charge in [0.1, 0.15) is 11.6 Å². The third-order valence-electron chi connectivity index (χ3n) is 4.26. The fourth-order valence-corrected chi connectivity index (χ4v) is 3.03. The highest BCUT2D eigenvalue weighted by molar-refractivity contribution is 5.85. The van der Waals surface area contributed by atoms with Gasteiger partial charge in [0, 0.05) is 43.1 Å². The van der Waals surface area contributed by atoms with Crippen molar-refractivity contribution in [2.45, 2.75) is 25.3 Å². The molecule has 21 heavy (non-hydrogen) atoms. The van der Waals surface area contributed by atoms with Crippen LogP contribution in [0.3, 0.4) is 0 Å². The molecule has 1 saturated heterocycles. The van der Waals surface area contributed by atoms with Gasteiger partial charge in [-0.3, -0.25) is 4.79 Å². The average Bonchev–Trinajstić information content (AvgIpc) is 3.18. The number of halogens is 3. The smallest absolute Gasteiger partial charge is 0.226 e. The van der Waals surface area contributed by atoms with Crippen molar-refractivity contribution in [1.29, 1.82) is 0 Å². The Morgan fingerprint density at radius 3 is 2.62 bits per heavy atom. The van der Waals surface area contributed by atoms with Gasteiger partial charge in [0.2, 0.25) is 5.91 Å². The lowest BCUT2D eigenvalue weighted by Crippen LogP contribution is -2.52. The lowest BCUT2D eigenvalue weighted by Gasteiger charge is -2.34. The highest BCUT2D eigenvalue weighted by atomic mass is 35.5. The van der Waals surface area contributed by atoms with Crippen LogP contribution in [0.1, 0.15) is 24.8 Å². The molecule has 0 radical (unpaired) electrons. The van der Waals surface area contributed by atoms with Crippen LogP contribution < -0.4 is 5.32 Å². The maximum absolute atomic E-state index is 13.7. The Hall–Kier alpha value is -1.20. The lowest BCUT2D eigenvalue weighted by atomic mass is 10.1. The third-order valence-corrected chi connectivity index (χ3v) is 4.26. The van der Waals surface area contributed by atoms with E-state index in [9.17, 15) is 13.6 Å². The minimum Gasteiger partial charge on any atom is -0.337 e. The van der Waals surface area contributed by atoms with Crippen molar-refractivity contribution in [3.05, 3.63) is 35.4 Å². The molecule has 3 nitrogen and oxygen atoms in total. The highest BCUT2D eigenvalue weighted by Crippen LogP contribution is 2.50. The van der Waals surface area contributed by atoms with Gasteiger partial charge in [-0.15, -0.1) is 12.4 Å². The summed E-state index contributed by atoms with van der Waals surface area (Å²) in [5, 5.41) is 3.23. The van der Waals surface area contributed by atoms with E-state index in [1.807, 2.05) is 11.8 Å². The van der Waals surface area contributed by atoms with E-state index in [0.717, 1.165) is 13.1 Å². The normalized spacial score (nSPS) is 28.0. The first kappa shape index (κ1) is 16.2. The molecule has 0 spiro atoms. The molecule has 1 saturated carbocycles. The summed E-state index contributed by atoms with van der Waals surface area (Å²) in [6.45, 7) is 4.22. The largest absolute Gasteiger partial charge is 0.337 e. The van der Waals surface area contributed by atoms with E-state index in [0.29, 0.717) is 13.0 Å². The van der Waals surface area contributed by atoms with Gasteiger partial charge in [-0.05, 0) is 25.5 Å². The van der Waals surface area contributed by atoms with Crippen molar-refractivity contribution in [2.24, 2.45) is 5.92 Å². The molecule has 3 unspecified atom stereocenters. The van der Waals surface area contributed by atoms with Crippen molar-refractivity contribution in [2.75, 3.05) is 19.6 Å². The third kappa shape index (κ3) is 3.04. The van der Waals surface area contributed by atoms with Crippen molar-refractivity contribution in [3.63, 3.8) is 0 Å². The Morgan fingerprint density at radius 1 is 1.33 bits per heavy atom. The van der Waals surface area contributed by atoms with Gasteiger partial charge in [0.25, 0.3) is 0 Å². The van der Waals surface area contributed by atoms with Crippen molar-refractivity contribution >= 4 is 18.3 Å². The van der Waals surface area contributed by atoms with E-state index in [2.05, 4.69) is 5.32 Å². The SMILES string of the molecule is CC1CNCCN1C(=O)C1CC1c1c(F)cccc1F.Cl. The number of carbonyl (C=O) groups excluding carboxylic acids is 1. The Bertz CT molecular complexity index is 520. The second-order valence-electron chi connectivity index (χ2n) is 5.67. The quantitative estimate of drug-likeness (QED) is 0.908. The topological polar surface area (TPSA) is 32.3 Å². The molecule has 3 atom stereocenters. The van der Waals surface area contributed by atoms with Crippen LogP contribution in [0.5, 0.6) is 0 Å². The fraction of sp³-hybridized carbons (Fsp3) is 0.533. The molecule has 1 aromatic carbocycles. The van der Waals surface area contributed by atoms with Crippen molar-refractivity contribution in [1.82, 2.24) is 10.2 Å². The van der Waals surface area contributed by atoms with Crippen LogP contribution in [0, 0.1) is 17.6 Å². The van der Waals surface area contributed by atoms with E-state index in [1.165, 1.54) is 18.2 Å². The number of hydrogen-bond acceptors (Lipinski definition) is 2. The number of benzene rings is 1. The minimum absolute atomic E-state index is 0. The first-order valence-corrected chi connectivity index (χ1v) is 7.04. The van der Waals surface area contributed by atoms with Gasteiger partial charge in [0.15, 0.2) is 0 Å². The summed E-state index contributed by atoms with van der Waals surface area (Å²) in [5.41, 5.74) is 0.0774. The number of amides is 1. The number of nitrogens with one attached hydrogen (secondary N) is 1. The zero-order chi connectivity index (χ0) is 14.3. The number of carbonyl (C=O) groups is 1. The fourth-order valence-electron chi connectivity index (χ4n) is 3.03. The van der Waals surface area contributed by atoms with E-state index >= 15 is 0 Å². The molecule has 3 rings (SSSR count). The summed E-state index contributed by atoms with van der Waals surface area (Å²) < 4.78 is 27.4. The molecule has 2 fully saturated rings. The molecule has 0 bridgehead atoms. The maximum atomic E-state index is 13.7.